The highest BCUT2D eigenvalue weighted by atomic mass is 16.5. The van der Waals surface area contributed by atoms with Crippen molar-refractivity contribution in [2.45, 2.75) is 33.4 Å². The molecule has 0 saturated heterocycles. The second kappa shape index (κ2) is 7.33. The van der Waals surface area contributed by atoms with Gasteiger partial charge >= 0.3 is 6.03 Å². The lowest BCUT2D eigenvalue weighted by atomic mass is 9.82. The maximum atomic E-state index is 12.4. The van der Waals surface area contributed by atoms with Gasteiger partial charge in [0.05, 0.1) is 19.7 Å². The number of carbonyl (C=O) groups is 1. The number of ether oxygens (including phenoxy) is 1. The van der Waals surface area contributed by atoms with Gasteiger partial charge in [0.1, 0.15) is 17.9 Å². The molecule has 0 unspecified atom stereocenters. The van der Waals surface area contributed by atoms with Crippen molar-refractivity contribution in [2.75, 3.05) is 7.11 Å². The van der Waals surface area contributed by atoms with E-state index < -0.39 is 0 Å². The topological polar surface area (TPSA) is 81.1 Å². The number of nitrogens with zero attached hydrogens (tertiary/aromatic N) is 3. The third-order valence-electron chi connectivity index (χ3n) is 3.80. The highest BCUT2D eigenvalue weighted by Crippen LogP contribution is 2.37. The molecule has 1 aromatic heterocycles. The van der Waals surface area contributed by atoms with Crippen molar-refractivity contribution in [3.8, 4) is 5.75 Å². The number of nitrogens with one attached hydrogen (secondary N) is 2. The first-order chi connectivity index (χ1) is 11.3. The molecule has 0 bridgehead atoms. The molecule has 1 heterocycles. The normalized spacial score (nSPS) is 12.5. The predicted octanol–water partition coefficient (Wildman–Crippen LogP) is 2.41. The average Bonchev–Trinajstić information content (AvgIpc) is 2.94. The van der Waals surface area contributed by atoms with Crippen LogP contribution in [0.3, 0.4) is 0 Å². The largest absolute Gasteiger partial charge is 0.496 e. The van der Waals surface area contributed by atoms with E-state index in [9.17, 15) is 4.79 Å². The van der Waals surface area contributed by atoms with E-state index in [2.05, 4.69) is 41.5 Å². The molecule has 130 valence electrons. The van der Waals surface area contributed by atoms with E-state index in [1.807, 2.05) is 24.3 Å². The number of amides is 2. The van der Waals surface area contributed by atoms with Crippen LogP contribution >= 0.6 is 0 Å². The highest BCUT2D eigenvalue weighted by molar-refractivity contribution is 5.74. The monoisotopic (exact) mass is 331 g/mol. The van der Waals surface area contributed by atoms with Crippen molar-refractivity contribution < 1.29 is 9.53 Å². The van der Waals surface area contributed by atoms with Gasteiger partial charge in [-0.2, -0.15) is 5.10 Å². The molecule has 24 heavy (non-hydrogen) atoms. The number of carbonyl (C=O) groups excluding carboxylic acids is 1. The van der Waals surface area contributed by atoms with Crippen molar-refractivity contribution >= 4 is 6.03 Å². The molecule has 1 aromatic carbocycles. The molecule has 7 nitrogen and oxygen atoms in total. The van der Waals surface area contributed by atoms with Gasteiger partial charge in [-0.05, 0) is 11.5 Å². The zero-order valence-corrected chi connectivity index (χ0v) is 14.8. The van der Waals surface area contributed by atoms with E-state index in [1.165, 1.54) is 6.33 Å². The van der Waals surface area contributed by atoms with Gasteiger partial charge in [0.15, 0.2) is 0 Å². The van der Waals surface area contributed by atoms with Crippen LogP contribution in [-0.4, -0.2) is 27.9 Å². The summed E-state index contributed by atoms with van der Waals surface area (Å²) in [6.07, 6.45) is 1.46. The Morgan fingerprint density at radius 1 is 1.33 bits per heavy atom. The van der Waals surface area contributed by atoms with Gasteiger partial charge < -0.3 is 15.4 Å². The zero-order valence-electron chi connectivity index (χ0n) is 14.8. The van der Waals surface area contributed by atoms with Gasteiger partial charge in [0, 0.05) is 12.6 Å². The van der Waals surface area contributed by atoms with Crippen LogP contribution in [0.5, 0.6) is 5.75 Å². The number of benzene rings is 1. The lowest BCUT2D eigenvalue weighted by molar-refractivity contribution is 0.216. The lowest BCUT2D eigenvalue weighted by Crippen LogP contribution is -2.42. The molecular formula is C17H25N5O2. The minimum absolute atomic E-state index is 0.184. The minimum Gasteiger partial charge on any atom is -0.496 e. The molecule has 7 heteroatoms. The van der Waals surface area contributed by atoms with Crippen LogP contribution in [0.15, 0.2) is 30.6 Å². The van der Waals surface area contributed by atoms with E-state index >= 15 is 0 Å². The Bertz CT molecular complexity index is 690. The van der Waals surface area contributed by atoms with Crippen LogP contribution in [0.1, 0.15) is 38.2 Å². The van der Waals surface area contributed by atoms with E-state index in [-0.39, 0.29) is 17.5 Å². The molecule has 0 saturated carbocycles. The Balaban J connectivity index is 2.12. The predicted molar refractivity (Wildman–Crippen MR) is 91.6 cm³/mol. The number of aryl methyl sites for hydroxylation is 1. The maximum absolute atomic E-state index is 12.4. The van der Waals surface area contributed by atoms with Crippen LogP contribution in [-0.2, 0) is 13.6 Å². The summed E-state index contributed by atoms with van der Waals surface area (Å²) in [5, 5.41) is 9.85. The third kappa shape index (κ3) is 4.24. The first kappa shape index (κ1) is 17.8. The number of methoxy groups -OCH3 is 1. The fourth-order valence-corrected chi connectivity index (χ4v) is 2.49. The quantitative estimate of drug-likeness (QED) is 0.881. The summed E-state index contributed by atoms with van der Waals surface area (Å²) in [6.45, 7) is 6.54. The number of rotatable bonds is 5. The fraction of sp³-hybridized carbons (Fsp3) is 0.471. The standard InChI is InChI=1S/C17H25N5O2/c1-17(2,3)15(12-8-6-7-9-13(12)24-5)21-16(23)18-10-14-19-11-20-22(14)4/h6-9,11,15H,10H2,1-5H3,(H2,18,21,23)/t15-/m0/s1. The van der Waals surface area contributed by atoms with Crippen molar-refractivity contribution in [1.82, 2.24) is 25.4 Å². The Labute approximate surface area is 142 Å². The van der Waals surface area contributed by atoms with E-state index in [1.54, 1.807) is 18.8 Å². The number of hydrogen-bond acceptors (Lipinski definition) is 4. The summed E-state index contributed by atoms with van der Waals surface area (Å²) >= 11 is 0. The summed E-state index contributed by atoms with van der Waals surface area (Å²) in [5.41, 5.74) is 0.762. The molecule has 0 aliphatic rings. The third-order valence-corrected chi connectivity index (χ3v) is 3.80. The smallest absolute Gasteiger partial charge is 0.315 e. The summed E-state index contributed by atoms with van der Waals surface area (Å²) in [4.78, 5) is 16.4. The molecule has 0 radical (unpaired) electrons. The molecule has 2 amide bonds. The first-order valence-corrected chi connectivity index (χ1v) is 7.83. The van der Waals surface area contributed by atoms with Gasteiger partial charge in [0.25, 0.3) is 0 Å². The summed E-state index contributed by atoms with van der Waals surface area (Å²) in [6, 6.07) is 7.26. The Morgan fingerprint density at radius 2 is 2.04 bits per heavy atom. The van der Waals surface area contributed by atoms with Gasteiger partial charge in [-0.1, -0.05) is 39.0 Å². The van der Waals surface area contributed by atoms with Crippen LogP contribution in [0.2, 0.25) is 0 Å². The minimum atomic E-state index is -0.260. The molecule has 2 N–H and O–H groups in total. The molecule has 0 fully saturated rings. The van der Waals surface area contributed by atoms with E-state index in [4.69, 9.17) is 4.74 Å². The van der Waals surface area contributed by atoms with Crippen molar-refractivity contribution in [1.29, 1.82) is 0 Å². The van der Waals surface area contributed by atoms with Crippen molar-refractivity contribution in [3.63, 3.8) is 0 Å². The zero-order chi connectivity index (χ0) is 17.7. The van der Waals surface area contributed by atoms with Gasteiger partial charge in [0.2, 0.25) is 0 Å². The number of urea groups is 1. The summed E-state index contributed by atoms with van der Waals surface area (Å²) in [5.74, 6) is 1.45. The number of para-hydroxylation sites is 1. The van der Waals surface area contributed by atoms with Gasteiger partial charge in [-0.3, -0.25) is 4.68 Å². The molecule has 0 spiro atoms. The molecule has 0 aliphatic carbocycles. The van der Waals surface area contributed by atoms with Gasteiger partial charge in [-0.15, -0.1) is 0 Å². The first-order valence-electron chi connectivity index (χ1n) is 7.83. The lowest BCUT2D eigenvalue weighted by Gasteiger charge is -2.32. The molecular weight excluding hydrogens is 306 g/mol. The van der Waals surface area contributed by atoms with E-state index in [0.717, 1.165) is 11.3 Å². The highest BCUT2D eigenvalue weighted by Gasteiger charge is 2.30. The fourth-order valence-electron chi connectivity index (χ4n) is 2.49. The van der Waals surface area contributed by atoms with Crippen LogP contribution < -0.4 is 15.4 Å². The van der Waals surface area contributed by atoms with Gasteiger partial charge in [-0.25, -0.2) is 9.78 Å². The second-order valence-corrected chi connectivity index (χ2v) is 6.67. The SMILES string of the molecule is COc1ccccc1[C@H](NC(=O)NCc1ncnn1C)C(C)(C)C. The molecule has 0 aliphatic heterocycles. The van der Waals surface area contributed by atoms with Crippen LogP contribution in [0.25, 0.3) is 0 Å². The maximum Gasteiger partial charge on any atom is 0.315 e. The second-order valence-electron chi connectivity index (χ2n) is 6.67. The molecule has 2 aromatic rings. The number of aromatic nitrogens is 3. The van der Waals surface area contributed by atoms with Crippen molar-refractivity contribution in [2.24, 2.45) is 12.5 Å². The van der Waals surface area contributed by atoms with Crippen LogP contribution in [0, 0.1) is 5.41 Å². The Hall–Kier alpha value is -2.57. The summed E-state index contributed by atoms with van der Waals surface area (Å²) < 4.78 is 7.07. The Kier molecular flexibility index (Phi) is 5.43. The Morgan fingerprint density at radius 3 is 2.62 bits per heavy atom. The van der Waals surface area contributed by atoms with E-state index in [0.29, 0.717) is 12.4 Å². The average molecular weight is 331 g/mol. The van der Waals surface area contributed by atoms with Crippen molar-refractivity contribution in [3.05, 3.63) is 42.0 Å². The number of hydrogen-bond donors (Lipinski definition) is 2. The molecule has 1 atom stereocenters. The van der Waals surface area contributed by atoms with Crippen LogP contribution in [0.4, 0.5) is 4.79 Å². The summed E-state index contributed by atoms with van der Waals surface area (Å²) in [7, 11) is 3.42. The molecule has 2 rings (SSSR count).